The molecule has 5 unspecified atom stereocenters. The van der Waals surface area contributed by atoms with Gasteiger partial charge in [0.2, 0.25) is 11.6 Å². The SMILES string of the molecule is CC(C)=CCCC(=CCCC1(C)C2=C(C(O)=C(C)C(=O)C2=O)C(O)C2C1CCC2(C)O)C(=O)O. The van der Waals surface area contributed by atoms with Crippen LogP contribution in [0.25, 0.3) is 0 Å². The number of carbonyl (C=O) groups excluding carboxylic acids is 2. The topological polar surface area (TPSA) is 132 Å². The molecule has 0 amide bonds. The van der Waals surface area contributed by atoms with E-state index in [4.69, 9.17) is 0 Å². The van der Waals surface area contributed by atoms with Crippen LogP contribution < -0.4 is 0 Å². The normalized spacial score (nSPS) is 33.7. The number of carbonyl (C=O) groups is 3. The van der Waals surface area contributed by atoms with E-state index in [-0.39, 0.29) is 34.0 Å². The predicted molar refractivity (Wildman–Crippen MR) is 127 cm³/mol. The van der Waals surface area contributed by atoms with E-state index in [1.807, 2.05) is 26.8 Å². The number of Topliss-reactive ketones (excluding diaryl/α,β-unsaturated/α-hetero) is 2. The zero-order chi connectivity index (χ0) is 25.6. The molecule has 5 atom stereocenters. The van der Waals surface area contributed by atoms with E-state index in [0.717, 1.165) is 5.57 Å². The summed E-state index contributed by atoms with van der Waals surface area (Å²) in [5.74, 6) is -3.82. The Morgan fingerprint density at radius 3 is 2.35 bits per heavy atom. The fourth-order valence-electron chi connectivity index (χ4n) is 6.23. The Hall–Kier alpha value is -2.51. The Labute approximate surface area is 200 Å². The van der Waals surface area contributed by atoms with Crippen LogP contribution in [0.1, 0.15) is 73.1 Å². The predicted octanol–water partition coefficient (Wildman–Crippen LogP) is 3.96. The van der Waals surface area contributed by atoms with Crippen LogP contribution in [0.2, 0.25) is 0 Å². The molecule has 34 heavy (non-hydrogen) atoms. The fraction of sp³-hybridized carbons (Fsp3) is 0.593. The lowest BCUT2D eigenvalue weighted by Crippen LogP contribution is -2.53. The van der Waals surface area contributed by atoms with Gasteiger partial charge in [0.15, 0.2) is 0 Å². The molecule has 0 bridgehead atoms. The zero-order valence-corrected chi connectivity index (χ0v) is 20.6. The largest absolute Gasteiger partial charge is 0.507 e. The van der Waals surface area contributed by atoms with Crippen LogP contribution in [0.4, 0.5) is 0 Å². The molecular weight excluding hydrogens is 436 g/mol. The van der Waals surface area contributed by atoms with Crippen LogP contribution in [-0.4, -0.2) is 49.7 Å². The number of ketones is 2. The second kappa shape index (κ2) is 9.27. The molecule has 1 saturated carbocycles. The number of carboxylic acid groups (broad SMARTS) is 1. The standard InChI is InChI=1S/C27H36O7/c1-14(2)8-6-9-16(25(32)33)10-7-12-26(4)17-11-13-27(5,34)19(17)23(30)18-20(26)24(31)22(29)15(3)21(18)28/h8,10,17,19,23,28,30,34H,6-7,9,11-13H2,1-5H3,(H,32,33). The van der Waals surface area contributed by atoms with E-state index < -0.39 is 40.6 Å². The summed E-state index contributed by atoms with van der Waals surface area (Å²) in [6, 6.07) is 0. The highest BCUT2D eigenvalue weighted by Gasteiger charge is 2.62. The summed E-state index contributed by atoms with van der Waals surface area (Å²) in [5.41, 5.74) is -0.670. The summed E-state index contributed by atoms with van der Waals surface area (Å²) in [5, 5.41) is 42.7. The molecule has 7 heteroatoms. The molecule has 0 aliphatic heterocycles. The summed E-state index contributed by atoms with van der Waals surface area (Å²) >= 11 is 0. The number of rotatable bonds is 7. The third-order valence-electron chi connectivity index (χ3n) is 8.09. The van der Waals surface area contributed by atoms with Crippen LogP contribution >= 0.6 is 0 Å². The quantitative estimate of drug-likeness (QED) is 0.191. The lowest BCUT2D eigenvalue weighted by atomic mass is 9.54. The van der Waals surface area contributed by atoms with Crippen molar-refractivity contribution in [1.29, 1.82) is 0 Å². The number of allylic oxidation sites excluding steroid dienone is 5. The molecule has 0 aromatic rings. The van der Waals surface area contributed by atoms with Gasteiger partial charge in [-0.3, -0.25) is 9.59 Å². The maximum Gasteiger partial charge on any atom is 0.331 e. The van der Waals surface area contributed by atoms with E-state index in [9.17, 15) is 34.8 Å². The Morgan fingerprint density at radius 2 is 1.76 bits per heavy atom. The van der Waals surface area contributed by atoms with Gasteiger partial charge in [-0.2, -0.15) is 0 Å². The first kappa shape index (κ1) is 26.1. The summed E-state index contributed by atoms with van der Waals surface area (Å²) in [7, 11) is 0. The first-order valence-corrected chi connectivity index (χ1v) is 11.9. The van der Waals surface area contributed by atoms with Gasteiger partial charge in [-0.15, -0.1) is 0 Å². The minimum Gasteiger partial charge on any atom is -0.507 e. The molecule has 1 fully saturated rings. The van der Waals surface area contributed by atoms with E-state index in [1.54, 1.807) is 13.0 Å². The van der Waals surface area contributed by atoms with Crippen LogP contribution in [0, 0.1) is 17.3 Å². The van der Waals surface area contributed by atoms with E-state index in [2.05, 4.69) is 0 Å². The first-order valence-electron chi connectivity index (χ1n) is 11.9. The van der Waals surface area contributed by atoms with Gasteiger partial charge in [-0.25, -0.2) is 4.79 Å². The monoisotopic (exact) mass is 472 g/mol. The average Bonchev–Trinajstić information content (AvgIpc) is 3.07. The zero-order valence-electron chi connectivity index (χ0n) is 20.6. The van der Waals surface area contributed by atoms with Crippen molar-refractivity contribution in [3.05, 3.63) is 45.8 Å². The minimum absolute atomic E-state index is 0.0408. The summed E-state index contributed by atoms with van der Waals surface area (Å²) in [6.45, 7) is 8.76. The van der Waals surface area contributed by atoms with Gasteiger partial charge >= 0.3 is 5.97 Å². The number of aliphatic hydroxyl groups is 3. The highest BCUT2D eigenvalue weighted by molar-refractivity contribution is 6.50. The molecule has 4 N–H and O–H groups in total. The van der Waals surface area contributed by atoms with Crippen molar-refractivity contribution in [2.24, 2.45) is 17.3 Å². The third kappa shape index (κ3) is 4.31. The maximum absolute atomic E-state index is 13.2. The van der Waals surface area contributed by atoms with Crippen LogP contribution in [0.3, 0.4) is 0 Å². The number of fused-ring (bicyclic) bond motifs is 1. The highest BCUT2D eigenvalue weighted by atomic mass is 16.4. The van der Waals surface area contributed by atoms with Gasteiger partial charge in [0.25, 0.3) is 0 Å². The smallest absolute Gasteiger partial charge is 0.331 e. The molecule has 0 saturated heterocycles. The fourth-order valence-corrected chi connectivity index (χ4v) is 6.23. The molecular formula is C27H36O7. The molecule has 3 aliphatic carbocycles. The molecule has 0 aromatic carbocycles. The van der Waals surface area contributed by atoms with Crippen LogP contribution in [0.5, 0.6) is 0 Å². The lowest BCUT2D eigenvalue weighted by molar-refractivity contribution is -0.135. The Morgan fingerprint density at radius 1 is 1.12 bits per heavy atom. The Balaban J connectivity index is 2.03. The van der Waals surface area contributed by atoms with E-state index in [0.29, 0.717) is 38.5 Å². The summed E-state index contributed by atoms with van der Waals surface area (Å²) in [4.78, 5) is 37.6. The molecule has 7 nitrogen and oxygen atoms in total. The van der Waals surface area contributed by atoms with Crippen molar-refractivity contribution in [3.63, 3.8) is 0 Å². The lowest BCUT2D eigenvalue weighted by Gasteiger charge is -2.50. The highest BCUT2D eigenvalue weighted by Crippen LogP contribution is 2.61. The van der Waals surface area contributed by atoms with Crippen molar-refractivity contribution in [1.82, 2.24) is 0 Å². The maximum atomic E-state index is 13.2. The van der Waals surface area contributed by atoms with Crippen molar-refractivity contribution >= 4 is 17.5 Å². The van der Waals surface area contributed by atoms with Gasteiger partial charge in [0, 0.05) is 33.6 Å². The first-order chi connectivity index (χ1) is 15.7. The molecule has 3 aliphatic rings. The molecule has 0 radical (unpaired) electrons. The van der Waals surface area contributed by atoms with E-state index in [1.165, 1.54) is 6.92 Å². The second-order valence-corrected chi connectivity index (χ2v) is 10.7. The Kier molecular flexibility index (Phi) is 7.11. The van der Waals surface area contributed by atoms with Crippen molar-refractivity contribution in [3.8, 4) is 0 Å². The average molecular weight is 473 g/mol. The number of hydrogen-bond donors (Lipinski definition) is 4. The van der Waals surface area contributed by atoms with Crippen LogP contribution in [0.15, 0.2) is 45.8 Å². The van der Waals surface area contributed by atoms with Crippen molar-refractivity contribution in [2.75, 3.05) is 0 Å². The van der Waals surface area contributed by atoms with Gasteiger partial charge in [-0.1, -0.05) is 24.6 Å². The van der Waals surface area contributed by atoms with Crippen molar-refractivity contribution in [2.45, 2.75) is 84.8 Å². The summed E-state index contributed by atoms with van der Waals surface area (Å²) < 4.78 is 0. The molecule has 3 rings (SSSR count). The van der Waals surface area contributed by atoms with Crippen molar-refractivity contribution < 1.29 is 34.8 Å². The summed E-state index contributed by atoms with van der Waals surface area (Å²) in [6.07, 6.45) is 5.01. The second-order valence-electron chi connectivity index (χ2n) is 10.7. The van der Waals surface area contributed by atoms with Gasteiger partial charge in [-0.05, 0) is 72.1 Å². The third-order valence-corrected chi connectivity index (χ3v) is 8.09. The van der Waals surface area contributed by atoms with Gasteiger partial charge in [0.1, 0.15) is 5.76 Å². The van der Waals surface area contributed by atoms with E-state index >= 15 is 0 Å². The molecule has 0 spiro atoms. The minimum atomic E-state index is -1.27. The number of carboxylic acids is 1. The number of aliphatic carboxylic acids is 1. The Bertz CT molecular complexity index is 1040. The molecule has 0 heterocycles. The molecule has 186 valence electrons. The molecule has 0 aromatic heterocycles. The van der Waals surface area contributed by atoms with Gasteiger partial charge in [0.05, 0.1) is 11.7 Å². The van der Waals surface area contributed by atoms with Crippen LogP contribution in [-0.2, 0) is 14.4 Å². The number of hydrogen-bond acceptors (Lipinski definition) is 6. The number of aliphatic hydroxyl groups excluding tert-OH is 2. The van der Waals surface area contributed by atoms with Gasteiger partial charge < -0.3 is 20.4 Å².